The second kappa shape index (κ2) is 9.73. The van der Waals surface area contributed by atoms with Gasteiger partial charge in [0, 0.05) is 31.9 Å². The number of aliphatic imine (C=N–C) groups is 1. The normalized spacial score (nSPS) is 11.6. The van der Waals surface area contributed by atoms with E-state index in [1.54, 1.807) is 13.3 Å². The van der Waals surface area contributed by atoms with Gasteiger partial charge in [-0.3, -0.25) is 0 Å². The Morgan fingerprint density at radius 1 is 1.18 bits per heavy atom. The number of aryl methyl sites for hydroxylation is 2. The number of hydrogen-bond donors (Lipinski definition) is 2. The standard InChI is InChI=1S/C21H28N6O/c1-4-22-21(25-15-17-10-11-20(28-3)24-14-17)23-12-7-13-27-16(2)26-18-8-5-6-9-19(18)27/h5-6,8-11,14H,4,7,12-13,15H2,1-3H3,(H2,22,23,25). The molecule has 28 heavy (non-hydrogen) atoms. The first kappa shape index (κ1) is 19.7. The topological polar surface area (TPSA) is 76.4 Å². The van der Waals surface area contributed by atoms with Crippen molar-refractivity contribution >= 4 is 17.0 Å². The van der Waals surface area contributed by atoms with E-state index in [4.69, 9.17) is 4.74 Å². The zero-order valence-corrected chi connectivity index (χ0v) is 16.8. The molecule has 2 heterocycles. The maximum Gasteiger partial charge on any atom is 0.212 e. The molecule has 0 spiro atoms. The van der Waals surface area contributed by atoms with E-state index >= 15 is 0 Å². The Balaban J connectivity index is 1.53. The highest BCUT2D eigenvalue weighted by molar-refractivity contribution is 5.79. The molecule has 0 radical (unpaired) electrons. The molecule has 7 heteroatoms. The summed E-state index contributed by atoms with van der Waals surface area (Å²) in [6, 6.07) is 12.1. The highest BCUT2D eigenvalue weighted by atomic mass is 16.5. The molecule has 1 aromatic carbocycles. The van der Waals surface area contributed by atoms with Crippen molar-refractivity contribution in [1.82, 2.24) is 25.2 Å². The number of aromatic nitrogens is 3. The minimum absolute atomic E-state index is 0.567. The van der Waals surface area contributed by atoms with Gasteiger partial charge in [-0.05, 0) is 38.0 Å². The Morgan fingerprint density at radius 3 is 2.79 bits per heavy atom. The van der Waals surface area contributed by atoms with E-state index in [1.165, 1.54) is 5.52 Å². The average Bonchev–Trinajstić information content (AvgIpc) is 3.04. The van der Waals surface area contributed by atoms with Crippen molar-refractivity contribution in [3.05, 3.63) is 54.0 Å². The average molecular weight is 380 g/mol. The molecule has 3 aromatic rings. The first-order valence-corrected chi connectivity index (χ1v) is 9.64. The molecule has 3 rings (SSSR count). The van der Waals surface area contributed by atoms with Gasteiger partial charge < -0.3 is 19.9 Å². The summed E-state index contributed by atoms with van der Waals surface area (Å²) in [4.78, 5) is 13.5. The van der Waals surface area contributed by atoms with Gasteiger partial charge in [0.2, 0.25) is 5.88 Å². The van der Waals surface area contributed by atoms with Gasteiger partial charge >= 0.3 is 0 Å². The molecule has 0 aliphatic rings. The molecule has 2 N–H and O–H groups in total. The van der Waals surface area contributed by atoms with Crippen LogP contribution in [-0.2, 0) is 13.1 Å². The Kier molecular flexibility index (Phi) is 6.84. The molecular weight excluding hydrogens is 352 g/mol. The number of nitrogens with zero attached hydrogens (tertiary/aromatic N) is 4. The lowest BCUT2D eigenvalue weighted by Gasteiger charge is -2.12. The summed E-state index contributed by atoms with van der Waals surface area (Å²) in [7, 11) is 1.61. The van der Waals surface area contributed by atoms with Gasteiger partial charge in [0.15, 0.2) is 5.96 Å². The van der Waals surface area contributed by atoms with E-state index in [2.05, 4.69) is 62.2 Å². The summed E-state index contributed by atoms with van der Waals surface area (Å²) >= 11 is 0. The molecule has 0 unspecified atom stereocenters. The van der Waals surface area contributed by atoms with E-state index in [-0.39, 0.29) is 0 Å². The van der Waals surface area contributed by atoms with Crippen LogP contribution in [-0.4, -0.2) is 40.7 Å². The van der Waals surface area contributed by atoms with Crippen molar-refractivity contribution in [2.24, 2.45) is 4.99 Å². The molecule has 0 amide bonds. The molecule has 0 aliphatic carbocycles. The van der Waals surface area contributed by atoms with Crippen LogP contribution in [0, 0.1) is 6.92 Å². The predicted octanol–water partition coefficient (Wildman–Crippen LogP) is 2.89. The number of fused-ring (bicyclic) bond motifs is 1. The number of nitrogens with one attached hydrogen (secondary N) is 2. The van der Waals surface area contributed by atoms with E-state index in [9.17, 15) is 0 Å². The molecule has 0 atom stereocenters. The van der Waals surface area contributed by atoms with Crippen molar-refractivity contribution in [1.29, 1.82) is 0 Å². The fourth-order valence-corrected chi connectivity index (χ4v) is 3.06. The molecule has 0 bridgehead atoms. The van der Waals surface area contributed by atoms with Crippen molar-refractivity contribution in [3.8, 4) is 5.88 Å². The van der Waals surface area contributed by atoms with Crippen molar-refractivity contribution in [2.75, 3.05) is 20.2 Å². The number of guanidine groups is 1. The van der Waals surface area contributed by atoms with Crippen LogP contribution in [0.25, 0.3) is 11.0 Å². The lowest BCUT2D eigenvalue weighted by atomic mass is 10.3. The molecule has 0 saturated carbocycles. The zero-order valence-electron chi connectivity index (χ0n) is 16.8. The Hall–Kier alpha value is -3.09. The van der Waals surface area contributed by atoms with Crippen molar-refractivity contribution < 1.29 is 4.74 Å². The minimum Gasteiger partial charge on any atom is -0.481 e. The van der Waals surface area contributed by atoms with Crippen LogP contribution in [0.4, 0.5) is 0 Å². The van der Waals surface area contributed by atoms with Crippen LogP contribution in [0.1, 0.15) is 24.7 Å². The van der Waals surface area contributed by atoms with E-state index in [0.717, 1.165) is 48.9 Å². The number of para-hydroxylation sites is 2. The lowest BCUT2D eigenvalue weighted by molar-refractivity contribution is 0.397. The van der Waals surface area contributed by atoms with E-state index < -0.39 is 0 Å². The van der Waals surface area contributed by atoms with Crippen LogP contribution in [0.2, 0.25) is 0 Å². The van der Waals surface area contributed by atoms with Gasteiger partial charge in [-0.2, -0.15) is 0 Å². The number of rotatable bonds is 8. The largest absolute Gasteiger partial charge is 0.481 e. The number of methoxy groups -OCH3 is 1. The van der Waals surface area contributed by atoms with Crippen molar-refractivity contribution in [2.45, 2.75) is 33.4 Å². The van der Waals surface area contributed by atoms with E-state index in [1.807, 2.05) is 18.2 Å². The fourth-order valence-electron chi connectivity index (χ4n) is 3.06. The smallest absolute Gasteiger partial charge is 0.212 e. The zero-order chi connectivity index (χ0) is 19.8. The number of imidazole rings is 1. The van der Waals surface area contributed by atoms with Crippen LogP contribution >= 0.6 is 0 Å². The maximum absolute atomic E-state index is 5.09. The van der Waals surface area contributed by atoms with Crippen LogP contribution < -0.4 is 15.4 Å². The van der Waals surface area contributed by atoms with Gasteiger partial charge in [0.1, 0.15) is 5.82 Å². The quantitative estimate of drug-likeness (QED) is 0.357. The molecule has 7 nitrogen and oxygen atoms in total. The summed E-state index contributed by atoms with van der Waals surface area (Å²) < 4.78 is 7.35. The number of ether oxygens (including phenoxy) is 1. The number of hydrogen-bond acceptors (Lipinski definition) is 4. The summed E-state index contributed by atoms with van der Waals surface area (Å²) in [5.41, 5.74) is 3.28. The second-order valence-corrected chi connectivity index (χ2v) is 6.48. The van der Waals surface area contributed by atoms with Crippen LogP contribution in [0.15, 0.2) is 47.6 Å². The molecular formula is C21H28N6O. The summed E-state index contributed by atoms with van der Waals surface area (Å²) in [6.07, 6.45) is 2.77. The van der Waals surface area contributed by atoms with Gasteiger partial charge in [0.25, 0.3) is 0 Å². The van der Waals surface area contributed by atoms with Gasteiger partial charge in [-0.25, -0.2) is 15.0 Å². The van der Waals surface area contributed by atoms with Crippen LogP contribution in [0.3, 0.4) is 0 Å². The second-order valence-electron chi connectivity index (χ2n) is 6.48. The molecule has 0 aliphatic heterocycles. The summed E-state index contributed by atoms with van der Waals surface area (Å²) in [6.45, 7) is 7.25. The highest BCUT2D eigenvalue weighted by Crippen LogP contribution is 2.15. The van der Waals surface area contributed by atoms with Gasteiger partial charge in [0.05, 0.1) is 24.7 Å². The van der Waals surface area contributed by atoms with Gasteiger partial charge in [-0.15, -0.1) is 0 Å². The lowest BCUT2D eigenvalue weighted by Crippen LogP contribution is -2.38. The fraction of sp³-hybridized carbons (Fsp3) is 0.381. The van der Waals surface area contributed by atoms with E-state index in [0.29, 0.717) is 12.4 Å². The monoisotopic (exact) mass is 380 g/mol. The third-order valence-electron chi connectivity index (χ3n) is 4.47. The predicted molar refractivity (Wildman–Crippen MR) is 113 cm³/mol. The first-order valence-electron chi connectivity index (χ1n) is 9.64. The molecule has 0 fully saturated rings. The van der Waals surface area contributed by atoms with Gasteiger partial charge in [-0.1, -0.05) is 18.2 Å². The maximum atomic E-state index is 5.09. The third-order valence-corrected chi connectivity index (χ3v) is 4.47. The molecule has 0 saturated heterocycles. The third kappa shape index (κ3) is 5.00. The molecule has 2 aromatic heterocycles. The van der Waals surface area contributed by atoms with Crippen LogP contribution in [0.5, 0.6) is 5.88 Å². The van der Waals surface area contributed by atoms with Crippen molar-refractivity contribution in [3.63, 3.8) is 0 Å². The summed E-state index contributed by atoms with van der Waals surface area (Å²) in [5.74, 6) is 2.47. The Morgan fingerprint density at radius 2 is 2.04 bits per heavy atom. The minimum atomic E-state index is 0.567. The molecule has 148 valence electrons. The number of benzene rings is 1. The number of pyridine rings is 1. The Bertz CT molecular complexity index is 916. The summed E-state index contributed by atoms with van der Waals surface area (Å²) in [5, 5.41) is 6.69. The first-order chi connectivity index (χ1) is 13.7. The SMILES string of the molecule is CCNC(=NCc1ccc(OC)nc1)NCCCn1c(C)nc2ccccc21. The Labute approximate surface area is 165 Å². The highest BCUT2D eigenvalue weighted by Gasteiger charge is 2.06.